The Labute approximate surface area is 193 Å². The van der Waals surface area contributed by atoms with Crippen molar-refractivity contribution in [1.82, 2.24) is 4.98 Å². The molecule has 160 valence electrons. The van der Waals surface area contributed by atoms with Crippen LogP contribution in [0.5, 0.6) is 0 Å². The fraction of sp³-hybridized carbons (Fsp3) is 0.0667. The Morgan fingerprint density at radius 2 is 1.21 bits per heavy atom. The molecule has 5 rings (SSSR count). The van der Waals surface area contributed by atoms with E-state index in [0.717, 1.165) is 38.7 Å². The highest BCUT2D eigenvalue weighted by Crippen LogP contribution is 2.38. The average molecular weight is 430 g/mol. The SMILES string of the molecule is CCOC(=O)c1c(-c2ccccc2)nc2ccccc2c1-c1ccc(-c2ccccc2)cc1. The highest BCUT2D eigenvalue weighted by Gasteiger charge is 2.24. The first kappa shape index (κ1) is 20.7. The monoisotopic (exact) mass is 429 g/mol. The van der Waals surface area contributed by atoms with Crippen LogP contribution in [0.25, 0.3) is 44.4 Å². The van der Waals surface area contributed by atoms with E-state index >= 15 is 0 Å². The zero-order valence-corrected chi connectivity index (χ0v) is 18.4. The highest BCUT2D eigenvalue weighted by molar-refractivity contribution is 6.11. The molecule has 33 heavy (non-hydrogen) atoms. The van der Waals surface area contributed by atoms with Crippen LogP contribution in [0.2, 0.25) is 0 Å². The van der Waals surface area contributed by atoms with Gasteiger partial charge in [-0.15, -0.1) is 0 Å². The van der Waals surface area contributed by atoms with Crippen LogP contribution in [-0.4, -0.2) is 17.6 Å². The number of fused-ring (bicyclic) bond motifs is 1. The predicted octanol–water partition coefficient (Wildman–Crippen LogP) is 7.41. The molecule has 0 atom stereocenters. The molecule has 0 spiro atoms. The number of hydrogen-bond donors (Lipinski definition) is 0. The summed E-state index contributed by atoms with van der Waals surface area (Å²) in [7, 11) is 0. The largest absolute Gasteiger partial charge is 0.462 e. The maximum atomic E-state index is 13.3. The molecule has 3 heteroatoms. The van der Waals surface area contributed by atoms with Crippen molar-refractivity contribution in [3.8, 4) is 33.5 Å². The molecule has 3 nitrogen and oxygen atoms in total. The van der Waals surface area contributed by atoms with Gasteiger partial charge in [-0.1, -0.05) is 103 Å². The van der Waals surface area contributed by atoms with Gasteiger partial charge in [0.15, 0.2) is 0 Å². The molecule has 0 N–H and O–H groups in total. The van der Waals surface area contributed by atoms with E-state index in [1.165, 1.54) is 0 Å². The Balaban J connectivity index is 1.78. The molecule has 0 aliphatic heterocycles. The van der Waals surface area contributed by atoms with Crippen LogP contribution in [-0.2, 0) is 4.74 Å². The van der Waals surface area contributed by atoms with Crippen molar-refractivity contribution in [1.29, 1.82) is 0 Å². The van der Waals surface area contributed by atoms with Crippen molar-refractivity contribution < 1.29 is 9.53 Å². The Morgan fingerprint density at radius 3 is 1.88 bits per heavy atom. The molecule has 1 aromatic heterocycles. The Hall–Kier alpha value is -4.24. The van der Waals surface area contributed by atoms with Gasteiger partial charge in [0.2, 0.25) is 0 Å². The zero-order chi connectivity index (χ0) is 22.6. The normalized spacial score (nSPS) is 10.8. The van der Waals surface area contributed by atoms with Gasteiger partial charge in [-0.25, -0.2) is 9.78 Å². The van der Waals surface area contributed by atoms with E-state index in [9.17, 15) is 4.79 Å². The number of carbonyl (C=O) groups is 1. The van der Waals surface area contributed by atoms with E-state index in [2.05, 4.69) is 36.4 Å². The van der Waals surface area contributed by atoms with Crippen LogP contribution in [0.4, 0.5) is 0 Å². The third kappa shape index (κ3) is 4.01. The molecular weight excluding hydrogens is 406 g/mol. The van der Waals surface area contributed by atoms with Gasteiger partial charge in [0.05, 0.1) is 23.4 Å². The van der Waals surface area contributed by atoms with Gasteiger partial charge in [-0.05, 0) is 29.7 Å². The summed E-state index contributed by atoms with van der Waals surface area (Å²) in [6.07, 6.45) is 0. The fourth-order valence-electron chi connectivity index (χ4n) is 4.18. The van der Waals surface area contributed by atoms with Gasteiger partial charge in [0, 0.05) is 16.5 Å². The second-order valence-electron chi connectivity index (χ2n) is 7.76. The Morgan fingerprint density at radius 1 is 0.667 bits per heavy atom. The molecular formula is C30H23NO2. The molecule has 0 saturated carbocycles. The summed E-state index contributed by atoms with van der Waals surface area (Å²) in [6, 6.07) is 36.3. The maximum absolute atomic E-state index is 13.3. The molecule has 0 fully saturated rings. The summed E-state index contributed by atoms with van der Waals surface area (Å²) in [6.45, 7) is 2.12. The van der Waals surface area contributed by atoms with E-state index in [4.69, 9.17) is 9.72 Å². The molecule has 5 aromatic rings. The lowest BCUT2D eigenvalue weighted by Gasteiger charge is -2.17. The minimum atomic E-state index is -0.364. The number of ether oxygens (including phenoxy) is 1. The first-order chi connectivity index (χ1) is 16.3. The van der Waals surface area contributed by atoms with Gasteiger partial charge < -0.3 is 4.74 Å². The van der Waals surface area contributed by atoms with E-state index in [1.54, 1.807) is 0 Å². The maximum Gasteiger partial charge on any atom is 0.341 e. The molecule has 0 saturated heterocycles. The highest BCUT2D eigenvalue weighted by atomic mass is 16.5. The van der Waals surface area contributed by atoms with Crippen molar-refractivity contribution in [2.45, 2.75) is 6.92 Å². The van der Waals surface area contributed by atoms with Gasteiger partial charge in [-0.2, -0.15) is 0 Å². The van der Waals surface area contributed by atoms with E-state index < -0.39 is 0 Å². The van der Waals surface area contributed by atoms with Crippen LogP contribution in [0.1, 0.15) is 17.3 Å². The standard InChI is InChI=1S/C30H23NO2/c1-2-33-30(32)28-27(23-19-17-22(18-20-23)21-11-5-3-6-12-21)25-15-9-10-16-26(25)31-29(28)24-13-7-4-8-14-24/h3-20H,2H2,1H3. The van der Waals surface area contributed by atoms with Gasteiger partial charge in [-0.3, -0.25) is 0 Å². The number of pyridine rings is 1. The number of para-hydroxylation sites is 1. The van der Waals surface area contributed by atoms with Crippen molar-refractivity contribution >= 4 is 16.9 Å². The summed E-state index contributed by atoms with van der Waals surface area (Å²) in [4.78, 5) is 18.2. The topological polar surface area (TPSA) is 39.2 Å². The number of nitrogens with zero attached hydrogens (tertiary/aromatic N) is 1. The Bertz CT molecular complexity index is 1410. The average Bonchev–Trinajstić information content (AvgIpc) is 2.89. The first-order valence-electron chi connectivity index (χ1n) is 11.1. The molecule has 0 aliphatic rings. The van der Waals surface area contributed by atoms with Crippen molar-refractivity contribution in [2.24, 2.45) is 0 Å². The van der Waals surface area contributed by atoms with Crippen LogP contribution in [0.15, 0.2) is 109 Å². The van der Waals surface area contributed by atoms with Gasteiger partial charge in [0.1, 0.15) is 0 Å². The van der Waals surface area contributed by atoms with Crippen LogP contribution < -0.4 is 0 Å². The molecule has 0 aliphatic carbocycles. The number of hydrogen-bond acceptors (Lipinski definition) is 3. The van der Waals surface area contributed by atoms with Crippen LogP contribution in [0.3, 0.4) is 0 Å². The van der Waals surface area contributed by atoms with Crippen LogP contribution in [0, 0.1) is 0 Å². The fourth-order valence-corrected chi connectivity index (χ4v) is 4.18. The second-order valence-corrected chi connectivity index (χ2v) is 7.76. The summed E-state index contributed by atoms with van der Waals surface area (Å²) >= 11 is 0. The minimum Gasteiger partial charge on any atom is -0.462 e. The van der Waals surface area contributed by atoms with Crippen molar-refractivity contribution in [3.63, 3.8) is 0 Å². The number of rotatable bonds is 5. The Kier molecular flexibility index (Phi) is 5.69. The van der Waals surface area contributed by atoms with E-state index in [-0.39, 0.29) is 5.97 Å². The van der Waals surface area contributed by atoms with Gasteiger partial charge >= 0.3 is 5.97 Å². The predicted molar refractivity (Wildman–Crippen MR) is 134 cm³/mol. The first-order valence-corrected chi connectivity index (χ1v) is 11.1. The molecule has 0 bridgehead atoms. The van der Waals surface area contributed by atoms with Crippen molar-refractivity contribution in [2.75, 3.05) is 6.61 Å². The smallest absolute Gasteiger partial charge is 0.341 e. The number of benzene rings is 4. The second kappa shape index (κ2) is 9.09. The quantitative estimate of drug-likeness (QED) is 0.273. The number of esters is 1. The minimum absolute atomic E-state index is 0.298. The zero-order valence-electron chi connectivity index (χ0n) is 18.4. The molecule has 4 aromatic carbocycles. The molecule has 0 amide bonds. The lowest BCUT2D eigenvalue weighted by Crippen LogP contribution is -2.10. The number of aromatic nitrogens is 1. The molecule has 1 heterocycles. The summed E-state index contributed by atoms with van der Waals surface area (Å²) < 4.78 is 5.52. The van der Waals surface area contributed by atoms with Gasteiger partial charge in [0.25, 0.3) is 0 Å². The number of carbonyl (C=O) groups excluding carboxylic acids is 1. The third-order valence-electron chi connectivity index (χ3n) is 5.70. The van der Waals surface area contributed by atoms with Crippen LogP contribution >= 0.6 is 0 Å². The summed E-state index contributed by atoms with van der Waals surface area (Å²) in [5.74, 6) is -0.364. The van der Waals surface area contributed by atoms with E-state index in [1.807, 2.05) is 79.7 Å². The molecule has 0 unspecified atom stereocenters. The lowest BCUT2D eigenvalue weighted by molar-refractivity contribution is 0.0528. The van der Waals surface area contributed by atoms with E-state index in [0.29, 0.717) is 17.9 Å². The summed E-state index contributed by atoms with van der Waals surface area (Å²) in [5, 5.41) is 0.924. The lowest BCUT2D eigenvalue weighted by atomic mass is 9.91. The van der Waals surface area contributed by atoms with Crippen molar-refractivity contribution in [3.05, 3.63) is 115 Å². The molecule has 0 radical (unpaired) electrons. The third-order valence-corrected chi connectivity index (χ3v) is 5.70. The summed E-state index contributed by atoms with van der Waals surface area (Å²) in [5.41, 5.74) is 6.92.